The second kappa shape index (κ2) is 6.16. The van der Waals surface area contributed by atoms with E-state index in [1.54, 1.807) is 12.1 Å². The second-order valence-corrected chi connectivity index (χ2v) is 5.78. The van der Waals surface area contributed by atoms with Gasteiger partial charge in [0.05, 0.1) is 10.0 Å². The Morgan fingerprint density at radius 1 is 1.00 bits per heavy atom. The third-order valence-corrected chi connectivity index (χ3v) is 3.51. The maximum absolute atomic E-state index is 6.03. The van der Waals surface area contributed by atoms with Gasteiger partial charge < -0.3 is 4.74 Å². The van der Waals surface area contributed by atoms with Crippen LogP contribution < -0.4 is 4.74 Å². The smallest absolute Gasteiger partial charge is 0.157 e. The lowest BCUT2D eigenvalue weighted by atomic mass is 10.2. The summed E-state index contributed by atoms with van der Waals surface area (Å²) in [7, 11) is 0. The van der Waals surface area contributed by atoms with Crippen LogP contribution in [0.4, 0.5) is 0 Å². The summed E-state index contributed by atoms with van der Waals surface area (Å²) in [4.78, 5) is 0. The highest BCUT2D eigenvalue weighted by Gasteiger charge is 2.09. The molecular formula is C13H8BrCl3O. The van der Waals surface area contributed by atoms with Crippen molar-refractivity contribution in [1.29, 1.82) is 0 Å². The van der Waals surface area contributed by atoms with E-state index in [1.807, 2.05) is 24.3 Å². The predicted molar refractivity (Wildman–Crippen MR) is 79.9 cm³/mol. The molecule has 1 nitrogen and oxygen atoms in total. The van der Waals surface area contributed by atoms with Gasteiger partial charge in [0.15, 0.2) is 5.75 Å². The van der Waals surface area contributed by atoms with Gasteiger partial charge in [-0.1, -0.05) is 62.9 Å². The van der Waals surface area contributed by atoms with Crippen LogP contribution in [0.3, 0.4) is 0 Å². The van der Waals surface area contributed by atoms with Crippen molar-refractivity contribution in [3.63, 3.8) is 0 Å². The minimum absolute atomic E-state index is 0.389. The molecule has 0 unspecified atom stereocenters. The van der Waals surface area contributed by atoms with Gasteiger partial charge in [-0.05, 0) is 29.8 Å². The fraction of sp³-hybridized carbons (Fsp3) is 0.0769. The lowest BCUT2D eigenvalue weighted by Crippen LogP contribution is -1.96. The second-order valence-electron chi connectivity index (χ2n) is 3.62. The third-order valence-electron chi connectivity index (χ3n) is 2.24. The molecule has 0 bridgehead atoms. The van der Waals surface area contributed by atoms with Crippen molar-refractivity contribution in [2.45, 2.75) is 6.61 Å². The standard InChI is InChI=1S/C13H8BrCl3O/c14-9-3-1-2-8(4-9)7-18-13-11(16)5-10(15)6-12(13)17/h1-6H,7H2. The Kier molecular flexibility index (Phi) is 4.79. The van der Waals surface area contributed by atoms with Gasteiger partial charge in [0.25, 0.3) is 0 Å². The van der Waals surface area contributed by atoms with Gasteiger partial charge in [-0.25, -0.2) is 0 Å². The van der Waals surface area contributed by atoms with E-state index in [4.69, 9.17) is 39.5 Å². The lowest BCUT2D eigenvalue weighted by molar-refractivity contribution is 0.306. The highest BCUT2D eigenvalue weighted by atomic mass is 79.9. The first-order chi connectivity index (χ1) is 8.56. The molecule has 18 heavy (non-hydrogen) atoms. The van der Waals surface area contributed by atoms with E-state index in [2.05, 4.69) is 15.9 Å². The summed E-state index contributed by atoms with van der Waals surface area (Å²) in [5.74, 6) is 0.447. The Morgan fingerprint density at radius 2 is 1.67 bits per heavy atom. The van der Waals surface area contributed by atoms with Crippen LogP contribution in [-0.4, -0.2) is 0 Å². The van der Waals surface area contributed by atoms with Crippen molar-refractivity contribution in [2.24, 2.45) is 0 Å². The van der Waals surface area contributed by atoms with Crippen LogP contribution >= 0.6 is 50.7 Å². The molecule has 0 spiro atoms. The molecule has 0 saturated heterocycles. The minimum atomic E-state index is 0.389. The van der Waals surface area contributed by atoms with Crippen molar-refractivity contribution in [3.05, 3.63) is 61.5 Å². The molecule has 0 aliphatic heterocycles. The molecule has 0 aromatic heterocycles. The van der Waals surface area contributed by atoms with Crippen molar-refractivity contribution >= 4 is 50.7 Å². The van der Waals surface area contributed by atoms with Gasteiger partial charge in [0, 0.05) is 9.50 Å². The number of hydrogen-bond acceptors (Lipinski definition) is 1. The largest absolute Gasteiger partial charge is 0.486 e. The predicted octanol–water partition coefficient (Wildman–Crippen LogP) is 5.99. The number of hydrogen-bond donors (Lipinski definition) is 0. The van der Waals surface area contributed by atoms with Crippen LogP contribution in [0.5, 0.6) is 5.75 Å². The topological polar surface area (TPSA) is 9.23 Å². The van der Waals surface area contributed by atoms with Crippen molar-refractivity contribution < 1.29 is 4.74 Å². The Bertz CT molecular complexity index is 549. The third kappa shape index (κ3) is 3.55. The number of ether oxygens (including phenoxy) is 1. The van der Waals surface area contributed by atoms with Crippen molar-refractivity contribution in [3.8, 4) is 5.75 Å². The summed E-state index contributed by atoms with van der Waals surface area (Å²) < 4.78 is 6.62. The Labute approximate surface area is 129 Å². The number of rotatable bonds is 3. The van der Waals surface area contributed by atoms with Crippen LogP contribution in [0.2, 0.25) is 15.1 Å². The summed E-state index contributed by atoms with van der Waals surface area (Å²) in [6.45, 7) is 0.389. The normalized spacial score (nSPS) is 10.4. The Balaban J connectivity index is 2.16. The molecule has 0 fully saturated rings. The van der Waals surface area contributed by atoms with Gasteiger partial charge in [-0.2, -0.15) is 0 Å². The van der Waals surface area contributed by atoms with Crippen LogP contribution in [0.1, 0.15) is 5.56 Å². The minimum Gasteiger partial charge on any atom is -0.486 e. The number of benzene rings is 2. The lowest BCUT2D eigenvalue weighted by Gasteiger charge is -2.10. The zero-order valence-electron chi connectivity index (χ0n) is 9.09. The maximum Gasteiger partial charge on any atom is 0.157 e. The molecule has 5 heteroatoms. The summed E-state index contributed by atoms with van der Waals surface area (Å²) in [6.07, 6.45) is 0. The first kappa shape index (κ1) is 14.0. The highest BCUT2D eigenvalue weighted by Crippen LogP contribution is 2.36. The van der Waals surface area contributed by atoms with Gasteiger partial charge >= 0.3 is 0 Å². The molecule has 0 radical (unpaired) electrons. The van der Waals surface area contributed by atoms with Crippen LogP contribution in [0.15, 0.2) is 40.9 Å². The summed E-state index contributed by atoms with van der Waals surface area (Å²) in [6, 6.07) is 11.0. The summed E-state index contributed by atoms with van der Waals surface area (Å²) in [5, 5.41) is 1.30. The molecule has 2 aromatic rings. The molecule has 0 aliphatic carbocycles. The Morgan fingerprint density at radius 3 is 2.28 bits per heavy atom. The zero-order chi connectivity index (χ0) is 13.1. The molecule has 94 valence electrons. The molecular weight excluding hydrogens is 358 g/mol. The molecule has 0 atom stereocenters. The van der Waals surface area contributed by atoms with Crippen LogP contribution in [0.25, 0.3) is 0 Å². The van der Waals surface area contributed by atoms with Crippen molar-refractivity contribution in [2.75, 3.05) is 0 Å². The molecule has 0 N–H and O–H groups in total. The SMILES string of the molecule is Clc1cc(Cl)c(OCc2cccc(Br)c2)c(Cl)c1. The molecule has 2 aromatic carbocycles. The number of halogens is 4. The van der Waals surface area contributed by atoms with Crippen LogP contribution in [0, 0.1) is 0 Å². The van der Waals surface area contributed by atoms with Gasteiger partial charge in [-0.3, -0.25) is 0 Å². The van der Waals surface area contributed by atoms with E-state index in [-0.39, 0.29) is 0 Å². The fourth-order valence-electron chi connectivity index (χ4n) is 1.45. The maximum atomic E-state index is 6.03. The fourth-order valence-corrected chi connectivity index (χ4v) is 2.82. The van der Waals surface area contributed by atoms with E-state index in [9.17, 15) is 0 Å². The monoisotopic (exact) mass is 364 g/mol. The first-order valence-corrected chi connectivity index (χ1v) is 7.01. The molecule has 0 saturated carbocycles. The summed E-state index contributed by atoms with van der Waals surface area (Å²) in [5.41, 5.74) is 1.02. The molecule has 0 heterocycles. The van der Waals surface area contributed by atoms with Gasteiger partial charge in [-0.15, -0.1) is 0 Å². The molecule has 0 aliphatic rings. The van der Waals surface area contributed by atoms with E-state index < -0.39 is 0 Å². The van der Waals surface area contributed by atoms with Gasteiger partial charge in [0.1, 0.15) is 6.61 Å². The van der Waals surface area contributed by atoms with Crippen molar-refractivity contribution in [1.82, 2.24) is 0 Å². The van der Waals surface area contributed by atoms with Crippen LogP contribution in [-0.2, 0) is 6.61 Å². The zero-order valence-corrected chi connectivity index (χ0v) is 12.9. The summed E-state index contributed by atoms with van der Waals surface area (Å²) >= 11 is 21.3. The van der Waals surface area contributed by atoms with E-state index in [1.165, 1.54) is 0 Å². The Hall–Kier alpha value is -0.410. The van der Waals surface area contributed by atoms with Gasteiger partial charge in [0.2, 0.25) is 0 Å². The quantitative estimate of drug-likeness (QED) is 0.648. The van der Waals surface area contributed by atoms with E-state index in [0.717, 1.165) is 10.0 Å². The average molecular weight is 366 g/mol. The average Bonchev–Trinajstić information content (AvgIpc) is 2.27. The molecule has 0 amide bonds. The van der Waals surface area contributed by atoms with E-state index >= 15 is 0 Å². The highest BCUT2D eigenvalue weighted by molar-refractivity contribution is 9.10. The van der Waals surface area contributed by atoms with E-state index in [0.29, 0.717) is 27.4 Å². The first-order valence-electron chi connectivity index (χ1n) is 5.08. The molecule has 2 rings (SSSR count).